The molecule has 0 fully saturated rings. The van der Waals surface area contributed by atoms with Gasteiger partial charge >= 0.3 is 6.03 Å². The topological polar surface area (TPSA) is 122 Å². The van der Waals surface area contributed by atoms with Crippen LogP contribution in [0.1, 0.15) is 15.9 Å². The maximum absolute atomic E-state index is 12.3. The van der Waals surface area contributed by atoms with Gasteiger partial charge in [-0.3, -0.25) is 4.79 Å². The molecule has 26 heavy (non-hydrogen) atoms. The Morgan fingerprint density at radius 1 is 1.08 bits per heavy atom. The molecule has 0 aliphatic rings. The highest BCUT2D eigenvalue weighted by atomic mass is 32.2. The lowest BCUT2D eigenvalue weighted by molar-refractivity contribution is 0.0950. The van der Waals surface area contributed by atoms with Gasteiger partial charge in [0, 0.05) is 31.9 Å². The fraction of sp³-hybridized carbons (Fsp3) is 0.176. The van der Waals surface area contributed by atoms with Crippen molar-refractivity contribution in [3.05, 3.63) is 59.7 Å². The SMILES string of the molecule is CN(C)S(=O)(=O)c1cccc(C(=O)NCc2ccc(NC(N)=O)cc2)c1. The fourth-order valence-electron chi connectivity index (χ4n) is 2.14. The number of benzene rings is 2. The second-order valence-corrected chi connectivity index (χ2v) is 7.84. The van der Waals surface area contributed by atoms with Crippen molar-refractivity contribution in [2.75, 3.05) is 19.4 Å². The number of hydrogen-bond acceptors (Lipinski definition) is 4. The van der Waals surface area contributed by atoms with Crippen LogP contribution < -0.4 is 16.4 Å². The second-order valence-electron chi connectivity index (χ2n) is 5.68. The molecule has 4 N–H and O–H groups in total. The minimum absolute atomic E-state index is 0.0528. The number of nitrogens with two attached hydrogens (primary N) is 1. The van der Waals surface area contributed by atoms with Gasteiger partial charge in [-0.05, 0) is 35.9 Å². The Labute approximate surface area is 152 Å². The fourth-order valence-corrected chi connectivity index (χ4v) is 3.09. The summed E-state index contributed by atoms with van der Waals surface area (Å²) in [7, 11) is -0.747. The lowest BCUT2D eigenvalue weighted by Gasteiger charge is -2.12. The van der Waals surface area contributed by atoms with Gasteiger partial charge in [-0.2, -0.15) is 0 Å². The van der Waals surface area contributed by atoms with Gasteiger partial charge in [0.15, 0.2) is 0 Å². The van der Waals surface area contributed by atoms with Gasteiger partial charge in [0.05, 0.1) is 4.90 Å². The Morgan fingerprint density at radius 2 is 1.73 bits per heavy atom. The van der Waals surface area contributed by atoms with E-state index in [4.69, 9.17) is 5.73 Å². The summed E-state index contributed by atoms with van der Waals surface area (Å²) in [5, 5.41) is 5.17. The van der Waals surface area contributed by atoms with E-state index in [1.165, 1.54) is 32.3 Å². The summed E-state index contributed by atoms with van der Waals surface area (Å²) < 4.78 is 25.4. The maximum atomic E-state index is 12.3. The monoisotopic (exact) mass is 376 g/mol. The van der Waals surface area contributed by atoms with Crippen LogP contribution >= 0.6 is 0 Å². The highest BCUT2D eigenvalue weighted by Gasteiger charge is 2.18. The molecule has 0 aromatic heterocycles. The number of nitrogens with zero attached hydrogens (tertiary/aromatic N) is 1. The van der Waals surface area contributed by atoms with E-state index in [0.717, 1.165) is 9.87 Å². The summed E-state index contributed by atoms with van der Waals surface area (Å²) in [6, 6.07) is 12.0. The summed E-state index contributed by atoms with van der Waals surface area (Å²) in [4.78, 5) is 23.1. The number of rotatable bonds is 6. The molecule has 2 aromatic carbocycles. The first kappa shape index (κ1) is 19.4. The standard InChI is InChI=1S/C17H20N4O4S/c1-21(2)26(24,25)15-5-3-4-13(10-15)16(22)19-11-12-6-8-14(9-7-12)20-17(18)23/h3-10H,11H2,1-2H3,(H,19,22)(H3,18,20,23). The van der Waals surface area contributed by atoms with E-state index in [1.807, 2.05) is 0 Å². The van der Waals surface area contributed by atoms with Crippen LogP contribution in [0, 0.1) is 0 Å². The van der Waals surface area contributed by atoms with Gasteiger partial charge in [0.2, 0.25) is 10.0 Å². The number of hydrogen-bond donors (Lipinski definition) is 3. The van der Waals surface area contributed by atoms with Crippen molar-refractivity contribution < 1.29 is 18.0 Å². The quantitative estimate of drug-likeness (QED) is 0.704. The normalized spacial score (nSPS) is 11.2. The van der Waals surface area contributed by atoms with Crippen molar-refractivity contribution in [2.45, 2.75) is 11.4 Å². The zero-order valence-corrected chi connectivity index (χ0v) is 15.2. The van der Waals surface area contributed by atoms with E-state index in [0.29, 0.717) is 5.69 Å². The third kappa shape index (κ3) is 4.80. The molecule has 0 saturated carbocycles. The smallest absolute Gasteiger partial charge is 0.316 e. The lowest BCUT2D eigenvalue weighted by Crippen LogP contribution is -2.25. The van der Waals surface area contributed by atoms with Gasteiger partial charge in [-0.25, -0.2) is 17.5 Å². The van der Waals surface area contributed by atoms with Gasteiger partial charge in [0.25, 0.3) is 5.91 Å². The molecule has 0 saturated heterocycles. The van der Waals surface area contributed by atoms with Crippen LogP contribution in [0.2, 0.25) is 0 Å². The molecule has 0 atom stereocenters. The van der Waals surface area contributed by atoms with Crippen LogP contribution in [0.3, 0.4) is 0 Å². The molecule has 0 bridgehead atoms. The maximum Gasteiger partial charge on any atom is 0.316 e. The summed E-state index contributed by atoms with van der Waals surface area (Å²) >= 11 is 0. The van der Waals surface area contributed by atoms with Gasteiger partial charge in [0.1, 0.15) is 0 Å². The number of anilines is 1. The Morgan fingerprint density at radius 3 is 2.31 bits per heavy atom. The van der Waals surface area contributed by atoms with Crippen LogP contribution in [-0.4, -0.2) is 38.8 Å². The van der Waals surface area contributed by atoms with E-state index >= 15 is 0 Å². The van der Waals surface area contributed by atoms with E-state index in [9.17, 15) is 18.0 Å². The van der Waals surface area contributed by atoms with E-state index < -0.39 is 16.1 Å². The number of carbonyl (C=O) groups excluding carboxylic acids is 2. The molecule has 0 spiro atoms. The van der Waals surface area contributed by atoms with Crippen molar-refractivity contribution in [1.29, 1.82) is 0 Å². The van der Waals surface area contributed by atoms with E-state index in [1.54, 1.807) is 30.3 Å². The first-order valence-corrected chi connectivity index (χ1v) is 9.10. The predicted molar refractivity (Wildman–Crippen MR) is 98.1 cm³/mol. The van der Waals surface area contributed by atoms with Crippen LogP contribution in [0.15, 0.2) is 53.4 Å². The molecule has 0 aliphatic carbocycles. The average molecular weight is 376 g/mol. The first-order valence-electron chi connectivity index (χ1n) is 7.66. The van der Waals surface area contributed by atoms with E-state index in [-0.39, 0.29) is 22.9 Å². The van der Waals surface area contributed by atoms with Crippen LogP contribution in [0.5, 0.6) is 0 Å². The van der Waals surface area contributed by atoms with Crippen molar-refractivity contribution in [2.24, 2.45) is 5.73 Å². The molecular formula is C17H20N4O4S. The summed E-state index contributed by atoms with van der Waals surface area (Å²) in [6.45, 7) is 0.250. The second kappa shape index (κ2) is 7.98. The van der Waals surface area contributed by atoms with Crippen molar-refractivity contribution in [3.8, 4) is 0 Å². The summed E-state index contributed by atoms with van der Waals surface area (Å²) in [6.07, 6.45) is 0. The minimum Gasteiger partial charge on any atom is -0.351 e. The van der Waals surface area contributed by atoms with Crippen molar-refractivity contribution >= 4 is 27.6 Å². The zero-order valence-electron chi connectivity index (χ0n) is 14.4. The van der Waals surface area contributed by atoms with Gasteiger partial charge < -0.3 is 16.4 Å². The summed E-state index contributed by atoms with van der Waals surface area (Å²) in [5.41, 5.74) is 6.64. The minimum atomic E-state index is -3.61. The van der Waals surface area contributed by atoms with Crippen LogP contribution in [0.25, 0.3) is 0 Å². The Hall–Kier alpha value is -2.91. The average Bonchev–Trinajstić information content (AvgIpc) is 2.60. The number of amides is 3. The van der Waals surface area contributed by atoms with Crippen LogP contribution in [0.4, 0.5) is 10.5 Å². The highest BCUT2D eigenvalue weighted by Crippen LogP contribution is 2.15. The number of nitrogens with one attached hydrogen (secondary N) is 2. The zero-order chi connectivity index (χ0) is 19.3. The van der Waals surface area contributed by atoms with Crippen LogP contribution in [-0.2, 0) is 16.6 Å². The molecule has 2 aromatic rings. The molecule has 3 amide bonds. The van der Waals surface area contributed by atoms with Crippen molar-refractivity contribution in [1.82, 2.24) is 9.62 Å². The number of sulfonamides is 1. The molecule has 2 rings (SSSR count). The summed E-state index contributed by atoms with van der Waals surface area (Å²) in [5.74, 6) is -0.389. The van der Waals surface area contributed by atoms with Gasteiger partial charge in [-0.1, -0.05) is 18.2 Å². The highest BCUT2D eigenvalue weighted by molar-refractivity contribution is 7.89. The largest absolute Gasteiger partial charge is 0.351 e. The Balaban J connectivity index is 2.05. The molecule has 0 unspecified atom stereocenters. The number of carbonyl (C=O) groups is 2. The number of urea groups is 1. The van der Waals surface area contributed by atoms with Crippen molar-refractivity contribution in [3.63, 3.8) is 0 Å². The third-order valence-corrected chi connectivity index (χ3v) is 5.36. The van der Waals surface area contributed by atoms with E-state index in [2.05, 4.69) is 10.6 Å². The molecule has 0 heterocycles. The first-order chi connectivity index (χ1) is 12.2. The lowest BCUT2D eigenvalue weighted by atomic mass is 10.2. The van der Waals surface area contributed by atoms with Gasteiger partial charge in [-0.15, -0.1) is 0 Å². The number of primary amides is 1. The Bertz CT molecular complexity index is 909. The molecular weight excluding hydrogens is 356 g/mol. The third-order valence-electron chi connectivity index (χ3n) is 3.55. The molecule has 9 heteroatoms. The molecule has 0 radical (unpaired) electrons. The molecule has 0 aliphatic heterocycles. The molecule has 138 valence electrons. The predicted octanol–water partition coefficient (Wildman–Crippen LogP) is 1.36. The Kier molecular flexibility index (Phi) is 5.96. The molecule has 8 nitrogen and oxygen atoms in total.